The maximum Gasteiger partial charge on any atom is 0.238 e. The van der Waals surface area contributed by atoms with E-state index in [1.54, 1.807) is 32.9 Å². The summed E-state index contributed by atoms with van der Waals surface area (Å²) in [5.41, 5.74) is 1.06. The fraction of sp³-hybridized carbons (Fsp3) is 0.684. The van der Waals surface area contributed by atoms with Gasteiger partial charge in [0.05, 0.1) is 9.64 Å². The average molecular weight is 432 g/mol. The Morgan fingerprint density at radius 1 is 1.00 bits per heavy atom. The Morgan fingerprint density at radius 3 is 2.07 bits per heavy atom. The van der Waals surface area contributed by atoms with Crippen molar-refractivity contribution in [1.82, 2.24) is 10.0 Å². The summed E-state index contributed by atoms with van der Waals surface area (Å²) in [5.74, 6) is 0.556. The quantitative estimate of drug-likeness (QED) is 0.542. The maximum atomic E-state index is 12.3. The number of rotatable bonds is 8. The summed E-state index contributed by atoms with van der Waals surface area (Å²) >= 11 is 0. The van der Waals surface area contributed by atoms with Crippen LogP contribution in [0.25, 0.3) is 0 Å². The summed E-state index contributed by atoms with van der Waals surface area (Å²) < 4.78 is 49.1. The van der Waals surface area contributed by atoms with E-state index in [9.17, 15) is 16.8 Å². The normalized spacial score (nSPS) is 21.6. The fourth-order valence-corrected chi connectivity index (χ4v) is 4.81. The summed E-state index contributed by atoms with van der Waals surface area (Å²) in [6.07, 6.45) is 4.57. The molecule has 7 nitrogen and oxygen atoms in total. The first-order valence-corrected chi connectivity index (χ1v) is 12.8. The van der Waals surface area contributed by atoms with Gasteiger partial charge in [-0.3, -0.25) is 0 Å². The number of primary sulfonamides is 1. The van der Waals surface area contributed by atoms with Crippen LogP contribution in [-0.4, -0.2) is 40.7 Å². The van der Waals surface area contributed by atoms with Gasteiger partial charge in [-0.25, -0.2) is 26.7 Å². The van der Waals surface area contributed by atoms with E-state index in [0.717, 1.165) is 50.8 Å². The molecule has 0 atom stereocenters. The lowest BCUT2D eigenvalue weighted by Gasteiger charge is -2.31. The van der Waals surface area contributed by atoms with E-state index < -0.39 is 24.8 Å². The Morgan fingerprint density at radius 2 is 1.57 bits per heavy atom. The van der Waals surface area contributed by atoms with Gasteiger partial charge < -0.3 is 5.32 Å². The number of sulfonamides is 2. The molecule has 1 fully saturated rings. The zero-order valence-corrected chi connectivity index (χ0v) is 18.6. The van der Waals surface area contributed by atoms with Gasteiger partial charge in [0.1, 0.15) is 0 Å². The van der Waals surface area contributed by atoms with Crippen LogP contribution in [-0.2, 0) is 26.5 Å². The van der Waals surface area contributed by atoms with Crippen molar-refractivity contribution in [2.75, 3.05) is 13.1 Å². The van der Waals surface area contributed by atoms with Crippen molar-refractivity contribution < 1.29 is 16.8 Å². The van der Waals surface area contributed by atoms with E-state index in [2.05, 4.69) is 10.0 Å². The maximum absolute atomic E-state index is 12.3. The molecule has 1 aromatic rings. The molecule has 0 unspecified atom stereocenters. The standard InChI is InChI=1S/C19H33N3O4S2/c1-19(2,3)28(25,26)22-17-8-4-16(5-9-17)14-21-13-12-15-6-10-18(11-7-15)27(20,23)24/h6-7,10-11,16-17,21-22H,4-5,8-9,12-14H2,1-3H3,(H2,20,23,24)/t16-,17-. The summed E-state index contributed by atoms with van der Waals surface area (Å²) in [7, 11) is -6.93. The number of hydrogen-bond acceptors (Lipinski definition) is 5. The monoisotopic (exact) mass is 431 g/mol. The third kappa shape index (κ3) is 6.81. The van der Waals surface area contributed by atoms with Gasteiger partial charge in [0, 0.05) is 6.04 Å². The molecule has 1 saturated carbocycles. The number of hydrogen-bond donors (Lipinski definition) is 3. The molecule has 0 radical (unpaired) electrons. The van der Waals surface area contributed by atoms with E-state index in [4.69, 9.17) is 5.14 Å². The molecule has 1 aliphatic rings. The topological polar surface area (TPSA) is 118 Å². The van der Waals surface area contributed by atoms with Crippen molar-refractivity contribution in [2.24, 2.45) is 11.1 Å². The second-order valence-electron chi connectivity index (χ2n) is 8.59. The minimum Gasteiger partial charge on any atom is -0.316 e. The SMILES string of the molecule is CC(C)(C)S(=O)(=O)N[C@H]1CC[C@H](CNCCc2ccc(S(N)(=O)=O)cc2)CC1. The number of nitrogens with one attached hydrogen (secondary N) is 2. The van der Waals surface area contributed by atoms with Crippen LogP contribution < -0.4 is 15.2 Å². The largest absolute Gasteiger partial charge is 0.316 e. The van der Waals surface area contributed by atoms with Gasteiger partial charge in [0.25, 0.3) is 0 Å². The highest BCUT2D eigenvalue weighted by atomic mass is 32.2. The summed E-state index contributed by atoms with van der Waals surface area (Å²) in [6.45, 7) is 6.87. The zero-order valence-electron chi connectivity index (χ0n) is 16.9. The predicted octanol–water partition coefficient (Wildman–Crippen LogP) is 1.74. The highest BCUT2D eigenvalue weighted by molar-refractivity contribution is 7.90. The molecule has 0 saturated heterocycles. The molecular weight excluding hydrogens is 398 g/mol. The van der Waals surface area contributed by atoms with E-state index in [1.807, 2.05) is 0 Å². The third-order valence-corrected chi connectivity index (χ3v) is 8.44. The first kappa shape index (κ1) is 23.3. The average Bonchev–Trinajstić information content (AvgIpc) is 2.58. The predicted molar refractivity (Wildman–Crippen MR) is 112 cm³/mol. The van der Waals surface area contributed by atoms with Crippen LogP contribution in [0, 0.1) is 5.92 Å². The third-order valence-electron chi connectivity index (χ3n) is 5.25. The first-order chi connectivity index (χ1) is 12.9. The van der Waals surface area contributed by atoms with E-state index in [1.165, 1.54) is 12.1 Å². The Hall–Kier alpha value is -1.00. The highest BCUT2D eigenvalue weighted by Gasteiger charge is 2.32. The van der Waals surface area contributed by atoms with E-state index in [-0.39, 0.29) is 10.9 Å². The van der Waals surface area contributed by atoms with Gasteiger partial charge >= 0.3 is 0 Å². The van der Waals surface area contributed by atoms with Crippen molar-refractivity contribution in [1.29, 1.82) is 0 Å². The lowest BCUT2D eigenvalue weighted by atomic mass is 9.86. The van der Waals surface area contributed by atoms with Crippen LogP contribution >= 0.6 is 0 Å². The Labute approximate surface area is 169 Å². The summed E-state index contributed by atoms with van der Waals surface area (Å²) in [5, 5.41) is 8.55. The minimum atomic E-state index is -3.64. The van der Waals surface area contributed by atoms with Crippen LogP contribution in [0.1, 0.15) is 52.0 Å². The van der Waals surface area contributed by atoms with Crippen molar-refractivity contribution in [3.05, 3.63) is 29.8 Å². The molecule has 9 heteroatoms. The summed E-state index contributed by atoms with van der Waals surface area (Å²) in [6, 6.07) is 6.68. The summed E-state index contributed by atoms with van der Waals surface area (Å²) in [4.78, 5) is 0.128. The highest BCUT2D eigenvalue weighted by Crippen LogP contribution is 2.25. The Bertz CT molecular complexity index is 836. The molecule has 0 spiro atoms. The Kier molecular flexibility index (Phi) is 7.66. The van der Waals surface area contributed by atoms with Gasteiger partial charge in [0.15, 0.2) is 0 Å². The van der Waals surface area contributed by atoms with Crippen LogP contribution in [0.3, 0.4) is 0 Å². The van der Waals surface area contributed by atoms with Crippen molar-refractivity contribution in [3.8, 4) is 0 Å². The van der Waals surface area contributed by atoms with E-state index in [0.29, 0.717) is 5.92 Å². The second-order valence-corrected chi connectivity index (χ2v) is 12.6. The number of benzene rings is 1. The molecule has 0 aromatic heterocycles. The second kappa shape index (κ2) is 9.21. The molecule has 0 heterocycles. The first-order valence-electron chi connectivity index (χ1n) is 9.73. The van der Waals surface area contributed by atoms with Gasteiger partial charge in [-0.2, -0.15) is 0 Å². The molecule has 0 bridgehead atoms. The minimum absolute atomic E-state index is 0.0396. The van der Waals surface area contributed by atoms with Crippen LogP contribution in [0.2, 0.25) is 0 Å². The lowest BCUT2D eigenvalue weighted by molar-refractivity contribution is 0.302. The van der Waals surface area contributed by atoms with Gasteiger partial charge in [-0.1, -0.05) is 12.1 Å². The van der Waals surface area contributed by atoms with Crippen molar-refractivity contribution in [2.45, 2.75) is 68.6 Å². The molecule has 28 heavy (non-hydrogen) atoms. The lowest BCUT2D eigenvalue weighted by Crippen LogP contribution is -2.46. The van der Waals surface area contributed by atoms with Crippen LogP contribution in [0.4, 0.5) is 0 Å². The van der Waals surface area contributed by atoms with E-state index >= 15 is 0 Å². The molecule has 1 aliphatic carbocycles. The van der Waals surface area contributed by atoms with Gasteiger partial charge in [-0.05, 0) is 89.6 Å². The molecule has 2 rings (SSSR count). The smallest absolute Gasteiger partial charge is 0.238 e. The van der Waals surface area contributed by atoms with Crippen LogP contribution in [0.5, 0.6) is 0 Å². The van der Waals surface area contributed by atoms with Crippen molar-refractivity contribution >= 4 is 20.0 Å². The van der Waals surface area contributed by atoms with Crippen molar-refractivity contribution in [3.63, 3.8) is 0 Å². The fourth-order valence-electron chi connectivity index (χ4n) is 3.27. The zero-order chi connectivity index (χ0) is 21.0. The molecule has 0 amide bonds. The molecular formula is C19H33N3O4S2. The molecule has 160 valence electrons. The van der Waals surface area contributed by atoms with Gasteiger partial charge in [-0.15, -0.1) is 0 Å². The molecule has 1 aromatic carbocycles. The Balaban J connectivity index is 1.68. The molecule has 0 aliphatic heterocycles. The van der Waals surface area contributed by atoms with Gasteiger partial charge in [0.2, 0.25) is 20.0 Å². The number of nitrogens with two attached hydrogens (primary N) is 1. The van der Waals surface area contributed by atoms with Crippen LogP contribution in [0.15, 0.2) is 29.2 Å². The molecule has 4 N–H and O–H groups in total.